The number of fused-ring (bicyclic) bond motifs is 1. The number of halogens is 1. The van der Waals surface area contributed by atoms with Crippen LogP contribution in [0, 0.1) is 5.82 Å². The highest BCUT2D eigenvalue weighted by molar-refractivity contribution is 5.76. The molecule has 0 unspecified atom stereocenters. The van der Waals surface area contributed by atoms with E-state index in [4.69, 9.17) is 4.42 Å². The first-order valence-corrected chi connectivity index (χ1v) is 9.62. The zero-order valence-electron chi connectivity index (χ0n) is 16.1. The molecular formula is C21H20FN5O3. The quantitative estimate of drug-likeness (QED) is 0.451. The molecule has 154 valence electrons. The molecule has 1 aromatic carbocycles. The van der Waals surface area contributed by atoms with E-state index in [1.54, 1.807) is 36.5 Å². The fraction of sp³-hybridized carbons (Fsp3) is 0.238. The van der Waals surface area contributed by atoms with E-state index in [-0.39, 0.29) is 23.8 Å². The topological polar surface area (TPSA) is 94.4 Å². The minimum absolute atomic E-state index is 0.150. The number of oxazole rings is 1. The van der Waals surface area contributed by atoms with Gasteiger partial charge in [0.05, 0.1) is 11.8 Å². The smallest absolute Gasteiger partial charge is 0.350 e. The Morgan fingerprint density at radius 1 is 1.17 bits per heavy atom. The predicted octanol–water partition coefficient (Wildman–Crippen LogP) is 2.43. The van der Waals surface area contributed by atoms with Gasteiger partial charge in [0.15, 0.2) is 17.3 Å². The van der Waals surface area contributed by atoms with Crippen LogP contribution in [0.5, 0.6) is 0 Å². The average Bonchev–Trinajstić information content (AvgIpc) is 3.35. The summed E-state index contributed by atoms with van der Waals surface area (Å²) in [4.78, 5) is 28.3. The van der Waals surface area contributed by atoms with Crippen molar-refractivity contribution < 1.29 is 13.6 Å². The van der Waals surface area contributed by atoms with E-state index < -0.39 is 0 Å². The van der Waals surface area contributed by atoms with E-state index in [1.165, 1.54) is 21.3 Å². The highest BCUT2D eigenvalue weighted by atomic mass is 19.1. The lowest BCUT2D eigenvalue weighted by Crippen LogP contribution is -2.27. The summed E-state index contributed by atoms with van der Waals surface area (Å²) in [6, 6.07) is 11.6. The van der Waals surface area contributed by atoms with Crippen LogP contribution in [0.15, 0.2) is 64.1 Å². The molecule has 0 aliphatic rings. The largest absolute Gasteiger partial charge is 0.441 e. The second-order valence-corrected chi connectivity index (χ2v) is 6.74. The summed E-state index contributed by atoms with van der Waals surface area (Å²) < 4.78 is 22.2. The van der Waals surface area contributed by atoms with E-state index in [2.05, 4.69) is 15.4 Å². The zero-order valence-corrected chi connectivity index (χ0v) is 16.1. The number of aryl methyl sites for hydroxylation is 2. The van der Waals surface area contributed by atoms with Gasteiger partial charge in [-0.2, -0.15) is 0 Å². The normalized spacial score (nSPS) is 11.1. The molecule has 4 rings (SSSR count). The lowest BCUT2D eigenvalue weighted by atomic mass is 10.2. The third kappa shape index (κ3) is 4.29. The van der Waals surface area contributed by atoms with E-state index in [0.29, 0.717) is 48.8 Å². The predicted molar refractivity (Wildman–Crippen MR) is 107 cm³/mol. The Bertz CT molecular complexity index is 1230. The van der Waals surface area contributed by atoms with Crippen molar-refractivity contribution in [3.05, 3.63) is 77.1 Å². The molecule has 3 aromatic heterocycles. The van der Waals surface area contributed by atoms with Crippen LogP contribution in [0.2, 0.25) is 0 Å². The van der Waals surface area contributed by atoms with Crippen LogP contribution in [0.3, 0.4) is 0 Å². The second-order valence-electron chi connectivity index (χ2n) is 6.74. The van der Waals surface area contributed by atoms with E-state index >= 15 is 0 Å². The van der Waals surface area contributed by atoms with Gasteiger partial charge < -0.3 is 9.73 Å². The molecule has 1 amide bonds. The van der Waals surface area contributed by atoms with Crippen LogP contribution in [-0.2, 0) is 17.8 Å². The molecule has 1 N–H and O–H groups in total. The number of hydrogen-bond donors (Lipinski definition) is 1. The van der Waals surface area contributed by atoms with Gasteiger partial charge in [0, 0.05) is 32.1 Å². The van der Waals surface area contributed by atoms with E-state index in [9.17, 15) is 14.0 Å². The van der Waals surface area contributed by atoms with Gasteiger partial charge in [0.25, 0.3) is 0 Å². The molecule has 9 heteroatoms. The summed E-state index contributed by atoms with van der Waals surface area (Å²) in [7, 11) is 0. The van der Waals surface area contributed by atoms with Gasteiger partial charge in [0.2, 0.25) is 5.91 Å². The third-order valence-electron chi connectivity index (χ3n) is 4.62. The number of nitrogens with one attached hydrogen (secondary N) is 1. The van der Waals surface area contributed by atoms with Gasteiger partial charge in [-0.05, 0) is 30.7 Å². The summed E-state index contributed by atoms with van der Waals surface area (Å²) in [6.45, 7) is 0.831. The molecule has 0 atom stereocenters. The third-order valence-corrected chi connectivity index (χ3v) is 4.62. The Morgan fingerprint density at radius 3 is 2.83 bits per heavy atom. The molecule has 0 saturated heterocycles. The van der Waals surface area contributed by atoms with Crippen molar-refractivity contribution in [2.75, 3.05) is 6.54 Å². The van der Waals surface area contributed by atoms with Crippen LogP contribution in [0.25, 0.3) is 17.0 Å². The minimum atomic E-state index is -0.386. The van der Waals surface area contributed by atoms with Gasteiger partial charge in [-0.25, -0.2) is 18.9 Å². The Morgan fingerprint density at radius 2 is 2.00 bits per heavy atom. The van der Waals surface area contributed by atoms with Crippen molar-refractivity contribution >= 4 is 11.6 Å². The molecule has 3 heterocycles. The highest BCUT2D eigenvalue weighted by Crippen LogP contribution is 2.23. The van der Waals surface area contributed by atoms with Crippen LogP contribution in [-0.4, -0.2) is 31.6 Å². The second kappa shape index (κ2) is 8.73. The molecule has 0 spiro atoms. The van der Waals surface area contributed by atoms with Gasteiger partial charge in [-0.15, -0.1) is 5.10 Å². The Hall–Kier alpha value is -3.75. The summed E-state index contributed by atoms with van der Waals surface area (Å²) in [5.41, 5.74) is 0.724. The van der Waals surface area contributed by atoms with Crippen molar-refractivity contribution in [3.8, 4) is 11.3 Å². The fourth-order valence-corrected chi connectivity index (χ4v) is 3.09. The number of carbonyl (C=O) groups excluding carboxylic acids is 1. The SMILES string of the molecule is O=C(CCc1ncc(-c2ccccc2F)o1)NCCCn1nc2ccccn2c1=O. The molecule has 8 nitrogen and oxygen atoms in total. The molecule has 0 aliphatic carbocycles. The standard InChI is InChI=1S/C21H20FN5O3/c22-16-7-2-1-6-15(16)17-14-24-20(30-17)10-9-19(28)23-11-5-13-27-21(29)26-12-4-3-8-18(26)25-27/h1-4,6-8,12,14H,5,9-11,13H2,(H,23,28). The Labute approximate surface area is 171 Å². The molecule has 0 bridgehead atoms. The average molecular weight is 409 g/mol. The summed E-state index contributed by atoms with van der Waals surface area (Å²) in [6.07, 6.45) is 4.21. The van der Waals surface area contributed by atoms with E-state index in [1.807, 2.05) is 6.07 Å². The first-order chi connectivity index (χ1) is 14.6. The monoisotopic (exact) mass is 409 g/mol. The van der Waals surface area contributed by atoms with Gasteiger partial charge in [-0.3, -0.25) is 9.20 Å². The maximum Gasteiger partial charge on any atom is 0.350 e. The highest BCUT2D eigenvalue weighted by Gasteiger charge is 2.12. The van der Waals surface area contributed by atoms with Crippen molar-refractivity contribution in [1.82, 2.24) is 24.5 Å². The summed E-state index contributed by atoms with van der Waals surface area (Å²) in [5, 5.41) is 7.05. The number of hydrogen-bond acceptors (Lipinski definition) is 5. The Balaban J connectivity index is 1.22. The van der Waals surface area contributed by atoms with E-state index in [0.717, 1.165) is 0 Å². The lowest BCUT2D eigenvalue weighted by molar-refractivity contribution is -0.121. The van der Waals surface area contributed by atoms with Gasteiger partial charge >= 0.3 is 5.69 Å². The number of carbonyl (C=O) groups is 1. The molecular weight excluding hydrogens is 389 g/mol. The maximum atomic E-state index is 13.8. The summed E-state index contributed by atoms with van der Waals surface area (Å²) >= 11 is 0. The Kier molecular flexibility index (Phi) is 5.69. The first kappa shape index (κ1) is 19.6. The van der Waals surface area contributed by atoms with Crippen LogP contribution >= 0.6 is 0 Å². The molecule has 0 saturated carbocycles. The summed E-state index contributed by atoms with van der Waals surface area (Å²) in [5.74, 6) is 0.173. The fourth-order valence-electron chi connectivity index (χ4n) is 3.09. The van der Waals surface area contributed by atoms with Gasteiger partial charge in [0.1, 0.15) is 5.82 Å². The van der Waals surface area contributed by atoms with Crippen LogP contribution in [0.4, 0.5) is 4.39 Å². The number of amides is 1. The van der Waals surface area contributed by atoms with Crippen LogP contribution < -0.4 is 11.0 Å². The molecule has 0 aliphatic heterocycles. The number of benzene rings is 1. The van der Waals surface area contributed by atoms with Crippen molar-refractivity contribution in [1.29, 1.82) is 0 Å². The zero-order chi connectivity index (χ0) is 20.9. The van der Waals surface area contributed by atoms with Crippen LogP contribution in [0.1, 0.15) is 18.7 Å². The van der Waals surface area contributed by atoms with Crippen molar-refractivity contribution in [2.24, 2.45) is 0 Å². The number of aromatic nitrogens is 4. The lowest BCUT2D eigenvalue weighted by Gasteiger charge is -2.04. The number of pyridine rings is 1. The number of rotatable bonds is 8. The minimum Gasteiger partial charge on any atom is -0.441 e. The maximum absolute atomic E-state index is 13.8. The van der Waals surface area contributed by atoms with Crippen molar-refractivity contribution in [3.63, 3.8) is 0 Å². The molecule has 4 aromatic rings. The molecule has 30 heavy (non-hydrogen) atoms. The first-order valence-electron chi connectivity index (χ1n) is 9.62. The number of nitrogens with zero attached hydrogens (tertiary/aromatic N) is 4. The molecule has 0 radical (unpaired) electrons. The van der Waals surface area contributed by atoms with Gasteiger partial charge in [-0.1, -0.05) is 18.2 Å². The van der Waals surface area contributed by atoms with Crippen molar-refractivity contribution in [2.45, 2.75) is 25.8 Å². The molecule has 0 fully saturated rings.